The summed E-state index contributed by atoms with van der Waals surface area (Å²) >= 11 is 0. The molecule has 8 nitrogen and oxygen atoms in total. The van der Waals surface area contributed by atoms with Crippen LogP contribution in [0.15, 0.2) is 53.4 Å². The van der Waals surface area contributed by atoms with Crippen LogP contribution in [0.4, 0.5) is 16.2 Å². The van der Waals surface area contributed by atoms with Crippen molar-refractivity contribution in [1.82, 2.24) is 5.32 Å². The summed E-state index contributed by atoms with van der Waals surface area (Å²) in [6, 6.07) is 10.7. The number of carboxylic acids is 1. The van der Waals surface area contributed by atoms with Gasteiger partial charge in [0.15, 0.2) is 0 Å². The molecule has 2 aromatic carbocycles. The van der Waals surface area contributed by atoms with Crippen LogP contribution in [0.5, 0.6) is 0 Å². The van der Waals surface area contributed by atoms with Crippen molar-refractivity contribution in [3.05, 3.63) is 54.1 Å². The first-order valence-electron chi connectivity index (χ1n) is 7.72. The molecule has 9 heteroatoms. The molecule has 0 aliphatic rings. The second kappa shape index (κ2) is 7.87. The molecule has 2 rings (SSSR count). The van der Waals surface area contributed by atoms with Gasteiger partial charge >= 0.3 is 12.0 Å². The number of urea groups is 1. The maximum atomic E-state index is 12.6. The predicted molar refractivity (Wildman–Crippen MR) is 97.9 cm³/mol. The smallest absolute Gasteiger partial charge is 0.335 e. The summed E-state index contributed by atoms with van der Waals surface area (Å²) in [6.07, 6.45) is 0. The fourth-order valence-corrected chi connectivity index (χ4v) is 3.23. The lowest BCUT2D eigenvalue weighted by Gasteiger charge is -2.15. The fourth-order valence-electron chi connectivity index (χ4n) is 2.10. The molecule has 0 aliphatic heterocycles. The van der Waals surface area contributed by atoms with Crippen molar-refractivity contribution in [3.63, 3.8) is 0 Å². The highest BCUT2D eigenvalue weighted by molar-refractivity contribution is 7.92. The normalized spacial score (nSPS) is 11.0. The number of rotatable bonds is 6. The summed E-state index contributed by atoms with van der Waals surface area (Å²) in [5.74, 6) is -1.23. The predicted octanol–water partition coefficient (Wildman–Crippen LogP) is 2.72. The Morgan fingerprint density at radius 3 is 2.27 bits per heavy atom. The largest absolute Gasteiger partial charge is 0.478 e. The zero-order valence-corrected chi connectivity index (χ0v) is 15.0. The highest BCUT2D eigenvalue weighted by atomic mass is 32.2. The number of sulfonamides is 1. The number of carbonyl (C=O) groups is 2. The maximum absolute atomic E-state index is 12.6. The number of nitrogens with one attached hydrogen (secondary N) is 3. The molecular formula is C17H19N3O5S. The van der Waals surface area contributed by atoms with E-state index in [0.717, 1.165) is 6.07 Å². The first-order valence-corrected chi connectivity index (χ1v) is 9.20. The highest BCUT2D eigenvalue weighted by Gasteiger charge is 2.18. The molecule has 0 heterocycles. The van der Waals surface area contributed by atoms with E-state index >= 15 is 0 Å². The average molecular weight is 377 g/mol. The summed E-state index contributed by atoms with van der Waals surface area (Å²) in [5.41, 5.74) is 0.284. The Morgan fingerprint density at radius 1 is 1.00 bits per heavy atom. The first kappa shape index (κ1) is 19.3. The van der Waals surface area contributed by atoms with Gasteiger partial charge in [-0.1, -0.05) is 18.2 Å². The van der Waals surface area contributed by atoms with Gasteiger partial charge in [-0.3, -0.25) is 4.72 Å². The molecule has 138 valence electrons. The summed E-state index contributed by atoms with van der Waals surface area (Å²) in [7, 11) is -4.04. The lowest BCUT2D eigenvalue weighted by molar-refractivity contribution is 0.0696. The van der Waals surface area contributed by atoms with E-state index in [-0.39, 0.29) is 27.9 Å². The molecule has 0 bridgehead atoms. The topological polar surface area (TPSA) is 125 Å². The average Bonchev–Trinajstić information content (AvgIpc) is 2.56. The van der Waals surface area contributed by atoms with Crippen molar-refractivity contribution >= 4 is 33.4 Å². The van der Waals surface area contributed by atoms with Crippen LogP contribution in [-0.2, 0) is 10.0 Å². The quantitative estimate of drug-likeness (QED) is 0.616. The number of amides is 2. The van der Waals surface area contributed by atoms with Gasteiger partial charge in [-0.15, -0.1) is 0 Å². The van der Waals surface area contributed by atoms with Crippen LogP contribution in [0.3, 0.4) is 0 Å². The van der Waals surface area contributed by atoms with Crippen molar-refractivity contribution < 1.29 is 23.1 Å². The minimum Gasteiger partial charge on any atom is -0.478 e. The molecule has 0 aromatic heterocycles. The summed E-state index contributed by atoms with van der Waals surface area (Å²) in [6.45, 7) is 3.59. The summed E-state index contributed by atoms with van der Waals surface area (Å²) in [5, 5.41) is 14.2. The number of anilines is 2. The molecule has 0 aliphatic carbocycles. The van der Waals surface area contributed by atoms with Crippen molar-refractivity contribution in [2.45, 2.75) is 24.8 Å². The molecule has 2 amide bonds. The van der Waals surface area contributed by atoms with E-state index in [1.165, 1.54) is 24.3 Å². The molecule has 4 N–H and O–H groups in total. The molecule has 26 heavy (non-hydrogen) atoms. The first-order chi connectivity index (χ1) is 12.2. The molecule has 0 saturated heterocycles. The number of hydrogen-bond acceptors (Lipinski definition) is 4. The summed E-state index contributed by atoms with van der Waals surface area (Å²) in [4.78, 5) is 22.7. The van der Waals surface area contributed by atoms with Crippen molar-refractivity contribution in [1.29, 1.82) is 0 Å². The van der Waals surface area contributed by atoms with Gasteiger partial charge in [0.2, 0.25) is 0 Å². The van der Waals surface area contributed by atoms with E-state index < -0.39 is 22.0 Å². The molecule has 0 fully saturated rings. The molecule has 0 unspecified atom stereocenters. The maximum Gasteiger partial charge on any atom is 0.335 e. The van der Waals surface area contributed by atoms with Gasteiger partial charge in [0.25, 0.3) is 10.0 Å². The Bertz CT molecular complexity index is 926. The van der Waals surface area contributed by atoms with Gasteiger partial charge in [-0.05, 0) is 44.2 Å². The van der Waals surface area contributed by atoms with Gasteiger partial charge in [0, 0.05) is 6.04 Å². The van der Waals surface area contributed by atoms with Gasteiger partial charge < -0.3 is 15.7 Å². The second-order valence-corrected chi connectivity index (χ2v) is 7.42. The van der Waals surface area contributed by atoms with E-state index in [1.807, 2.05) is 0 Å². The SMILES string of the molecule is CC(C)NC(=O)Nc1ccccc1NS(=O)(=O)c1cccc(C(=O)O)c1. The van der Waals surface area contributed by atoms with Gasteiger partial charge in [-0.25, -0.2) is 18.0 Å². The molecule has 0 atom stereocenters. The monoisotopic (exact) mass is 377 g/mol. The van der Waals surface area contributed by atoms with Crippen LogP contribution in [0, 0.1) is 0 Å². The van der Waals surface area contributed by atoms with Crippen LogP contribution >= 0.6 is 0 Å². The van der Waals surface area contributed by atoms with Crippen LogP contribution in [0.1, 0.15) is 24.2 Å². The third kappa shape index (κ3) is 4.96. The lowest BCUT2D eigenvalue weighted by atomic mass is 10.2. The van der Waals surface area contributed by atoms with Gasteiger partial charge in [0.1, 0.15) is 0 Å². The molecule has 0 saturated carbocycles. The van der Waals surface area contributed by atoms with Crippen LogP contribution < -0.4 is 15.4 Å². The van der Waals surface area contributed by atoms with Crippen LogP contribution in [0.2, 0.25) is 0 Å². The van der Waals surface area contributed by atoms with E-state index in [0.29, 0.717) is 0 Å². The molecular weight excluding hydrogens is 358 g/mol. The van der Waals surface area contributed by atoms with Crippen molar-refractivity contribution in [3.8, 4) is 0 Å². The van der Waals surface area contributed by atoms with Crippen LogP contribution in [-0.4, -0.2) is 31.6 Å². The Hall–Kier alpha value is -3.07. The number of benzene rings is 2. The lowest BCUT2D eigenvalue weighted by Crippen LogP contribution is -2.34. The van der Waals surface area contributed by atoms with Crippen molar-refractivity contribution in [2.24, 2.45) is 0 Å². The number of carboxylic acid groups (broad SMARTS) is 1. The van der Waals surface area contributed by atoms with Gasteiger partial charge in [0.05, 0.1) is 21.8 Å². The van der Waals surface area contributed by atoms with E-state index in [4.69, 9.17) is 5.11 Å². The fraction of sp³-hybridized carbons (Fsp3) is 0.176. The Labute approximate surface area is 151 Å². The zero-order chi connectivity index (χ0) is 19.3. The molecule has 0 spiro atoms. The number of hydrogen-bond donors (Lipinski definition) is 4. The molecule has 2 aromatic rings. The van der Waals surface area contributed by atoms with Crippen molar-refractivity contribution in [2.75, 3.05) is 10.0 Å². The third-order valence-corrected chi connectivity index (χ3v) is 4.59. The summed E-state index contributed by atoms with van der Waals surface area (Å²) < 4.78 is 27.5. The Morgan fingerprint density at radius 2 is 1.65 bits per heavy atom. The van der Waals surface area contributed by atoms with E-state index in [1.54, 1.807) is 32.0 Å². The highest BCUT2D eigenvalue weighted by Crippen LogP contribution is 2.24. The molecule has 0 radical (unpaired) electrons. The zero-order valence-electron chi connectivity index (χ0n) is 14.2. The van der Waals surface area contributed by atoms with Crippen LogP contribution in [0.25, 0.3) is 0 Å². The standard InChI is InChI=1S/C17H19N3O5S/c1-11(2)18-17(23)19-14-8-3-4-9-15(14)20-26(24,25)13-7-5-6-12(10-13)16(21)22/h3-11,20H,1-2H3,(H,21,22)(H2,18,19,23). The van der Waals surface area contributed by atoms with E-state index in [9.17, 15) is 18.0 Å². The third-order valence-electron chi connectivity index (χ3n) is 3.23. The number of para-hydroxylation sites is 2. The second-order valence-electron chi connectivity index (χ2n) is 5.74. The Kier molecular flexibility index (Phi) is 5.83. The van der Waals surface area contributed by atoms with E-state index in [2.05, 4.69) is 15.4 Å². The minimum atomic E-state index is -4.04. The minimum absolute atomic E-state index is 0.0855. The van der Waals surface area contributed by atoms with Gasteiger partial charge in [-0.2, -0.15) is 0 Å². The Balaban J connectivity index is 2.29. The number of carbonyl (C=O) groups excluding carboxylic acids is 1. The number of aromatic carboxylic acids is 1.